The van der Waals surface area contributed by atoms with E-state index in [0.29, 0.717) is 0 Å². The first-order chi connectivity index (χ1) is 8.04. The minimum absolute atomic E-state index is 0.0204. The van der Waals surface area contributed by atoms with Gasteiger partial charge in [0.25, 0.3) is 0 Å². The molecule has 0 saturated carbocycles. The molecule has 1 aromatic rings. The fraction of sp³-hybridized carbons (Fsp3) is 0.273. The highest BCUT2D eigenvalue weighted by atomic mass is 35.5. The Hall–Kier alpha value is -1.80. The van der Waals surface area contributed by atoms with Crippen molar-refractivity contribution >= 4 is 17.7 Å². The van der Waals surface area contributed by atoms with Gasteiger partial charge in [-0.3, -0.25) is 0 Å². The van der Waals surface area contributed by atoms with Crippen molar-refractivity contribution in [2.75, 3.05) is 13.6 Å². The summed E-state index contributed by atoms with van der Waals surface area (Å²) in [6.45, 7) is 0.258. The van der Waals surface area contributed by atoms with Gasteiger partial charge in [0.2, 0.25) is 0 Å². The Kier molecular flexibility index (Phi) is 4.73. The van der Waals surface area contributed by atoms with E-state index in [9.17, 15) is 9.18 Å². The highest BCUT2D eigenvalue weighted by Gasteiger charge is 2.13. The monoisotopic (exact) mass is 256 g/mol. The van der Waals surface area contributed by atoms with E-state index in [1.54, 1.807) is 0 Å². The van der Waals surface area contributed by atoms with Crippen LogP contribution in [0.2, 0.25) is 5.02 Å². The van der Waals surface area contributed by atoms with Gasteiger partial charge in [0.15, 0.2) is 5.75 Å². The number of rotatable bonds is 3. The van der Waals surface area contributed by atoms with Crippen LogP contribution >= 0.6 is 11.6 Å². The van der Waals surface area contributed by atoms with Crippen molar-refractivity contribution in [3.8, 4) is 11.8 Å². The van der Waals surface area contributed by atoms with E-state index in [4.69, 9.17) is 21.6 Å². The lowest BCUT2D eigenvalue weighted by atomic mass is 10.3. The lowest BCUT2D eigenvalue weighted by molar-refractivity contribution is 0.164. The predicted octanol–water partition coefficient (Wildman–Crippen LogP) is 2.82. The third-order valence-corrected chi connectivity index (χ3v) is 2.26. The second-order valence-corrected chi connectivity index (χ2v) is 3.68. The van der Waals surface area contributed by atoms with E-state index in [1.807, 2.05) is 6.07 Å². The Balaban J connectivity index is 2.65. The predicted molar refractivity (Wildman–Crippen MR) is 60.3 cm³/mol. The second kappa shape index (κ2) is 6.06. The fourth-order valence-electron chi connectivity index (χ4n) is 1.04. The summed E-state index contributed by atoms with van der Waals surface area (Å²) in [4.78, 5) is 12.7. The van der Waals surface area contributed by atoms with Crippen LogP contribution in [0.15, 0.2) is 18.2 Å². The minimum Gasteiger partial charge on any atom is -0.409 e. The van der Waals surface area contributed by atoms with Gasteiger partial charge in [0.1, 0.15) is 5.82 Å². The number of carbonyl (C=O) groups is 1. The van der Waals surface area contributed by atoms with Crippen LogP contribution in [0.5, 0.6) is 5.75 Å². The van der Waals surface area contributed by atoms with E-state index in [1.165, 1.54) is 18.0 Å². The molecule has 4 nitrogen and oxygen atoms in total. The van der Waals surface area contributed by atoms with E-state index in [-0.39, 0.29) is 23.7 Å². The molecule has 1 amide bonds. The third kappa shape index (κ3) is 3.93. The first-order valence-corrected chi connectivity index (χ1v) is 5.17. The Morgan fingerprint density at radius 1 is 1.65 bits per heavy atom. The molecule has 0 aromatic heterocycles. The molecule has 0 N–H and O–H groups in total. The summed E-state index contributed by atoms with van der Waals surface area (Å²) in [5, 5.41) is 8.39. The highest BCUT2D eigenvalue weighted by molar-refractivity contribution is 6.32. The number of hydrogen-bond acceptors (Lipinski definition) is 3. The Morgan fingerprint density at radius 2 is 2.35 bits per heavy atom. The van der Waals surface area contributed by atoms with Crippen LogP contribution in [0.4, 0.5) is 9.18 Å². The number of nitriles is 1. The zero-order valence-electron chi connectivity index (χ0n) is 9.11. The Labute approximate surface area is 103 Å². The summed E-state index contributed by atoms with van der Waals surface area (Å²) in [7, 11) is 1.50. The number of nitrogens with zero attached hydrogens (tertiary/aromatic N) is 2. The van der Waals surface area contributed by atoms with Gasteiger partial charge in [-0.1, -0.05) is 11.6 Å². The van der Waals surface area contributed by atoms with Crippen molar-refractivity contribution in [1.82, 2.24) is 4.90 Å². The lowest BCUT2D eigenvalue weighted by Gasteiger charge is -2.15. The number of benzene rings is 1. The highest BCUT2D eigenvalue weighted by Crippen LogP contribution is 2.25. The number of ether oxygens (including phenoxy) is 1. The van der Waals surface area contributed by atoms with Crippen LogP contribution in [0.1, 0.15) is 6.42 Å². The van der Waals surface area contributed by atoms with Crippen LogP contribution in [-0.2, 0) is 0 Å². The second-order valence-electron chi connectivity index (χ2n) is 3.27. The van der Waals surface area contributed by atoms with Gasteiger partial charge in [-0.05, 0) is 18.2 Å². The summed E-state index contributed by atoms with van der Waals surface area (Å²) in [6.07, 6.45) is -0.434. The molecule has 6 heteroatoms. The first kappa shape index (κ1) is 13.3. The zero-order chi connectivity index (χ0) is 12.8. The molecule has 90 valence electrons. The van der Waals surface area contributed by atoms with Crippen molar-refractivity contribution in [2.24, 2.45) is 0 Å². The molecular weight excluding hydrogens is 247 g/mol. The number of hydrogen-bond donors (Lipinski definition) is 0. The zero-order valence-corrected chi connectivity index (χ0v) is 9.87. The molecule has 0 spiro atoms. The molecule has 0 radical (unpaired) electrons. The molecule has 0 aliphatic carbocycles. The minimum atomic E-state index is -0.645. The number of amides is 1. The van der Waals surface area contributed by atoms with Gasteiger partial charge in [-0.2, -0.15) is 5.26 Å². The Morgan fingerprint density at radius 3 is 2.94 bits per heavy atom. The molecular formula is C11H10ClFN2O2. The van der Waals surface area contributed by atoms with Crippen LogP contribution in [0.25, 0.3) is 0 Å². The fourth-order valence-corrected chi connectivity index (χ4v) is 1.24. The summed E-state index contributed by atoms with van der Waals surface area (Å²) >= 11 is 5.69. The van der Waals surface area contributed by atoms with E-state index < -0.39 is 11.9 Å². The molecule has 0 aliphatic rings. The van der Waals surface area contributed by atoms with Gasteiger partial charge in [0, 0.05) is 13.6 Å². The topological polar surface area (TPSA) is 53.3 Å². The van der Waals surface area contributed by atoms with Gasteiger partial charge in [0.05, 0.1) is 17.5 Å². The maximum Gasteiger partial charge on any atom is 0.415 e. The summed E-state index contributed by atoms with van der Waals surface area (Å²) in [5.41, 5.74) is 0. The van der Waals surface area contributed by atoms with Crippen molar-refractivity contribution in [1.29, 1.82) is 5.26 Å². The SMILES string of the molecule is CN(CCC#N)C(=O)Oc1ccc(F)cc1Cl. The lowest BCUT2D eigenvalue weighted by Crippen LogP contribution is -2.30. The van der Waals surface area contributed by atoms with Crippen molar-refractivity contribution in [2.45, 2.75) is 6.42 Å². The maximum atomic E-state index is 12.7. The summed E-state index contributed by atoms with van der Waals surface area (Å²) in [5.74, 6) is -0.422. The van der Waals surface area contributed by atoms with Crippen LogP contribution in [-0.4, -0.2) is 24.6 Å². The Bertz CT molecular complexity index is 459. The molecule has 0 fully saturated rings. The third-order valence-electron chi connectivity index (χ3n) is 1.96. The van der Waals surface area contributed by atoms with Crippen LogP contribution < -0.4 is 4.74 Å². The van der Waals surface area contributed by atoms with Crippen molar-refractivity contribution < 1.29 is 13.9 Å². The molecule has 0 heterocycles. The molecule has 17 heavy (non-hydrogen) atoms. The van der Waals surface area contributed by atoms with Crippen molar-refractivity contribution in [3.05, 3.63) is 29.0 Å². The molecule has 1 rings (SSSR count). The van der Waals surface area contributed by atoms with Crippen LogP contribution in [0.3, 0.4) is 0 Å². The summed E-state index contributed by atoms with van der Waals surface area (Å²) < 4.78 is 17.7. The first-order valence-electron chi connectivity index (χ1n) is 4.79. The molecule has 0 unspecified atom stereocenters. The quantitative estimate of drug-likeness (QED) is 0.836. The van der Waals surface area contributed by atoms with Crippen molar-refractivity contribution in [3.63, 3.8) is 0 Å². The molecule has 0 aliphatic heterocycles. The molecule has 0 atom stereocenters. The number of carbonyl (C=O) groups excluding carboxylic acids is 1. The normalized spacial score (nSPS) is 9.53. The van der Waals surface area contributed by atoms with Gasteiger partial charge < -0.3 is 9.64 Å². The summed E-state index contributed by atoms with van der Waals surface area (Å²) in [6, 6.07) is 5.38. The van der Waals surface area contributed by atoms with Crippen LogP contribution in [0, 0.1) is 17.1 Å². The van der Waals surface area contributed by atoms with Gasteiger partial charge in [-0.25, -0.2) is 9.18 Å². The molecule has 0 bridgehead atoms. The average molecular weight is 257 g/mol. The van der Waals surface area contributed by atoms with Gasteiger partial charge >= 0.3 is 6.09 Å². The van der Waals surface area contributed by atoms with Gasteiger partial charge in [-0.15, -0.1) is 0 Å². The van der Waals surface area contributed by atoms with E-state index in [0.717, 1.165) is 12.1 Å². The average Bonchev–Trinajstić information content (AvgIpc) is 2.29. The largest absolute Gasteiger partial charge is 0.415 e. The standard InChI is InChI=1S/C11H10ClFN2O2/c1-15(6-2-5-14)11(16)17-10-4-3-8(13)7-9(10)12/h3-4,7H,2,6H2,1H3. The van der Waals surface area contributed by atoms with E-state index >= 15 is 0 Å². The number of halogens is 2. The smallest absolute Gasteiger partial charge is 0.409 e. The maximum absolute atomic E-state index is 12.7. The van der Waals surface area contributed by atoms with E-state index in [2.05, 4.69) is 0 Å². The molecule has 1 aromatic carbocycles. The molecule has 0 saturated heterocycles.